The molecule has 0 saturated heterocycles. The summed E-state index contributed by atoms with van der Waals surface area (Å²) in [4.78, 5) is 22.0. The minimum Gasteiger partial charge on any atom is -0.399 e. The molecule has 10 nitrogen and oxygen atoms in total. The highest BCUT2D eigenvalue weighted by atomic mass is 35.5. The number of amides is 1. The van der Waals surface area contributed by atoms with Crippen LogP contribution >= 0.6 is 11.6 Å². The van der Waals surface area contributed by atoms with Crippen molar-refractivity contribution in [1.82, 2.24) is 19.3 Å². The lowest BCUT2D eigenvalue weighted by atomic mass is 9.88. The van der Waals surface area contributed by atoms with Crippen molar-refractivity contribution in [1.29, 1.82) is 0 Å². The molecule has 1 amide bonds. The summed E-state index contributed by atoms with van der Waals surface area (Å²) in [7, 11) is -3.90. The number of nitrogens with zero attached hydrogens (tertiary/aromatic N) is 3. The van der Waals surface area contributed by atoms with Crippen molar-refractivity contribution >= 4 is 50.1 Å². The number of anilines is 2. The van der Waals surface area contributed by atoms with Crippen molar-refractivity contribution in [3.05, 3.63) is 102 Å². The van der Waals surface area contributed by atoms with E-state index < -0.39 is 16.1 Å². The highest BCUT2D eigenvalue weighted by Gasteiger charge is 2.30. The number of rotatable bonds is 7. The van der Waals surface area contributed by atoms with E-state index in [2.05, 4.69) is 20.6 Å². The van der Waals surface area contributed by atoms with Crippen LogP contribution in [-0.4, -0.2) is 51.6 Å². The number of nitrogen functional groups attached to an aromatic ring is 1. The summed E-state index contributed by atoms with van der Waals surface area (Å²) in [5, 5.41) is 17.8. The number of halogens is 1. The summed E-state index contributed by atoms with van der Waals surface area (Å²) < 4.78 is 28.4. The molecule has 0 unspecified atom stereocenters. The fourth-order valence-electron chi connectivity index (χ4n) is 5.48. The molecule has 1 fully saturated rings. The Hall–Kier alpha value is -4.45. The molecule has 0 radical (unpaired) electrons. The Morgan fingerprint density at radius 3 is 2.42 bits per heavy atom. The molecule has 5 N–H and O–H groups in total. The van der Waals surface area contributed by atoms with Crippen molar-refractivity contribution in [2.45, 2.75) is 42.3 Å². The maximum Gasteiger partial charge on any atom is 0.268 e. The van der Waals surface area contributed by atoms with Crippen LogP contribution in [0.3, 0.4) is 0 Å². The van der Waals surface area contributed by atoms with Gasteiger partial charge in [-0.3, -0.25) is 4.79 Å². The first-order valence-corrected chi connectivity index (χ1v) is 15.6. The Labute approximate surface area is 253 Å². The summed E-state index contributed by atoms with van der Waals surface area (Å²) >= 11 is 6.58. The van der Waals surface area contributed by atoms with E-state index in [9.17, 15) is 18.3 Å². The molecule has 6 rings (SSSR count). The van der Waals surface area contributed by atoms with E-state index in [1.54, 1.807) is 66.7 Å². The molecule has 3 aromatic carbocycles. The van der Waals surface area contributed by atoms with Crippen molar-refractivity contribution in [2.75, 3.05) is 11.1 Å². The first-order valence-electron chi connectivity index (χ1n) is 13.7. The Balaban J connectivity index is 1.27. The van der Waals surface area contributed by atoms with Crippen molar-refractivity contribution < 1.29 is 18.3 Å². The third-order valence-corrected chi connectivity index (χ3v) is 9.47. The van der Waals surface area contributed by atoms with Crippen LogP contribution in [0.2, 0.25) is 5.02 Å². The highest BCUT2D eigenvalue weighted by Crippen LogP contribution is 2.36. The lowest BCUT2D eigenvalue weighted by molar-refractivity contribution is 0.0832. The quantitative estimate of drug-likeness (QED) is 0.192. The number of aliphatic hydroxyl groups is 1. The molecule has 0 bridgehead atoms. The van der Waals surface area contributed by atoms with Gasteiger partial charge in [-0.25, -0.2) is 22.4 Å². The zero-order chi connectivity index (χ0) is 30.1. The zero-order valence-corrected chi connectivity index (χ0v) is 24.5. The molecular weight excluding hydrogens is 588 g/mol. The number of para-hydroxylation sites is 1. The lowest BCUT2D eigenvalue weighted by Crippen LogP contribution is -2.46. The van der Waals surface area contributed by atoms with E-state index in [1.165, 1.54) is 16.4 Å². The van der Waals surface area contributed by atoms with Gasteiger partial charge in [0.2, 0.25) is 5.95 Å². The number of nitrogens with two attached hydrogens (primary N) is 1. The fourth-order valence-corrected chi connectivity index (χ4v) is 7.06. The molecule has 0 aliphatic heterocycles. The summed E-state index contributed by atoms with van der Waals surface area (Å²) in [5.74, 6) is 0.0228. The van der Waals surface area contributed by atoms with Gasteiger partial charge in [-0.15, -0.1) is 0 Å². The first-order chi connectivity index (χ1) is 20.7. The van der Waals surface area contributed by atoms with E-state index in [1.807, 2.05) is 12.1 Å². The van der Waals surface area contributed by atoms with Gasteiger partial charge in [0, 0.05) is 40.5 Å². The van der Waals surface area contributed by atoms with Crippen LogP contribution in [-0.2, 0) is 10.0 Å². The van der Waals surface area contributed by atoms with E-state index in [0.29, 0.717) is 52.7 Å². The summed E-state index contributed by atoms with van der Waals surface area (Å²) in [6, 6.07) is 21.5. The van der Waals surface area contributed by atoms with Crippen LogP contribution in [0.1, 0.15) is 29.6 Å². The molecule has 1 aliphatic carbocycles. The molecule has 2 aromatic heterocycles. The number of hydrogen-bond acceptors (Lipinski definition) is 8. The number of benzene rings is 3. The largest absolute Gasteiger partial charge is 0.399 e. The van der Waals surface area contributed by atoms with Crippen molar-refractivity contribution in [2.24, 2.45) is 0 Å². The van der Waals surface area contributed by atoms with Gasteiger partial charge < -0.3 is 21.5 Å². The summed E-state index contributed by atoms with van der Waals surface area (Å²) in [5.41, 5.74) is 8.16. The minimum atomic E-state index is -3.90. The lowest BCUT2D eigenvalue weighted by Gasteiger charge is -2.33. The standard InChI is InChI=1S/C31H29ClN6O4S/c32-27-17-34-31(36-22-14-21(15-23(39)16-22)35-30(40)19-10-12-20(33)13-11-19)37-29(27)26-18-38(28-9-5-4-8-25(26)28)43(41,42)24-6-2-1-3-7-24/h1-13,17-18,21-23,39H,14-16,33H2,(H,35,40)(H,34,36,37)/t21-,22+,23+/m1/s1. The second-order valence-electron chi connectivity index (χ2n) is 10.6. The average Bonchev–Trinajstić information content (AvgIpc) is 3.39. The van der Waals surface area contributed by atoms with Gasteiger partial charge in [0.25, 0.3) is 15.9 Å². The molecule has 2 heterocycles. The van der Waals surface area contributed by atoms with Crippen LogP contribution in [0.5, 0.6) is 0 Å². The Bertz CT molecular complexity index is 1900. The molecule has 43 heavy (non-hydrogen) atoms. The number of aliphatic hydroxyl groups excluding tert-OH is 1. The van der Waals surface area contributed by atoms with Gasteiger partial charge in [0.1, 0.15) is 0 Å². The normalized spacial score (nSPS) is 18.8. The van der Waals surface area contributed by atoms with E-state index in [-0.39, 0.29) is 33.9 Å². The highest BCUT2D eigenvalue weighted by molar-refractivity contribution is 7.90. The van der Waals surface area contributed by atoms with Crippen LogP contribution in [0.25, 0.3) is 22.2 Å². The third kappa shape index (κ3) is 5.92. The second-order valence-corrected chi connectivity index (χ2v) is 12.8. The molecular formula is C31H29ClN6O4S. The van der Waals surface area contributed by atoms with Gasteiger partial charge in [-0.05, 0) is 61.7 Å². The Morgan fingerprint density at radius 2 is 1.65 bits per heavy atom. The Morgan fingerprint density at radius 1 is 0.953 bits per heavy atom. The maximum absolute atomic E-state index is 13.6. The van der Waals surface area contributed by atoms with Gasteiger partial charge in [0.05, 0.1) is 33.4 Å². The van der Waals surface area contributed by atoms with E-state index in [4.69, 9.17) is 17.3 Å². The summed E-state index contributed by atoms with van der Waals surface area (Å²) in [6.45, 7) is 0. The minimum absolute atomic E-state index is 0.160. The van der Waals surface area contributed by atoms with E-state index in [0.717, 1.165) is 0 Å². The van der Waals surface area contributed by atoms with Crippen LogP contribution in [0, 0.1) is 0 Å². The van der Waals surface area contributed by atoms with Crippen LogP contribution < -0.4 is 16.4 Å². The average molecular weight is 617 g/mol. The smallest absolute Gasteiger partial charge is 0.268 e. The first kappa shape index (κ1) is 28.7. The maximum atomic E-state index is 13.6. The molecule has 1 aliphatic rings. The predicted octanol–water partition coefficient (Wildman–Crippen LogP) is 4.69. The molecule has 220 valence electrons. The summed E-state index contributed by atoms with van der Waals surface area (Å²) in [6.07, 6.45) is 3.73. The monoisotopic (exact) mass is 616 g/mol. The number of carbonyl (C=O) groups excluding carboxylic acids is 1. The SMILES string of the molecule is Nc1ccc(C(=O)N[C@H]2C[C@H](O)C[C@@H](Nc3ncc(Cl)c(-c4cn(S(=O)(=O)c5ccccc5)c5ccccc45)n3)C2)cc1. The number of fused-ring (bicyclic) bond motifs is 1. The second kappa shape index (κ2) is 11.7. The number of carbonyl (C=O) groups is 1. The molecule has 1 saturated carbocycles. The van der Waals surface area contributed by atoms with Crippen molar-refractivity contribution in [3.63, 3.8) is 0 Å². The van der Waals surface area contributed by atoms with Gasteiger partial charge in [-0.2, -0.15) is 0 Å². The molecule has 12 heteroatoms. The van der Waals surface area contributed by atoms with Crippen LogP contribution in [0.15, 0.2) is 96.2 Å². The Kier molecular flexibility index (Phi) is 7.78. The molecule has 5 aromatic rings. The van der Waals surface area contributed by atoms with Gasteiger partial charge in [0.15, 0.2) is 0 Å². The number of nitrogens with one attached hydrogen (secondary N) is 2. The predicted molar refractivity (Wildman–Crippen MR) is 166 cm³/mol. The molecule has 0 spiro atoms. The number of hydrogen-bond donors (Lipinski definition) is 4. The third-order valence-electron chi connectivity index (χ3n) is 7.50. The van der Waals surface area contributed by atoms with E-state index >= 15 is 0 Å². The van der Waals surface area contributed by atoms with Gasteiger partial charge >= 0.3 is 0 Å². The zero-order valence-electron chi connectivity index (χ0n) is 22.9. The van der Waals surface area contributed by atoms with Crippen molar-refractivity contribution in [3.8, 4) is 11.3 Å². The van der Waals surface area contributed by atoms with Gasteiger partial charge in [-0.1, -0.05) is 48.0 Å². The fraction of sp³-hybridized carbons (Fsp3) is 0.194. The number of aromatic nitrogens is 3. The topological polar surface area (TPSA) is 152 Å². The molecule has 3 atom stereocenters. The van der Waals surface area contributed by atoms with Crippen LogP contribution in [0.4, 0.5) is 11.6 Å².